The monoisotopic (exact) mass is 676 g/mol. The molecule has 13 heteroatoms. The van der Waals surface area contributed by atoms with Crippen molar-refractivity contribution in [1.29, 1.82) is 0 Å². The van der Waals surface area contributed by atoms with Gasteiger partial charge in [-0.15, -0.1) is 12.3 Å². The number of amides is 4. The number of hydrogen-bond donors (Lipinski definition) is 6. The van der Waals surface area contributed by atoms with Crippen LogP contribution < -0.4 is 27.7 Å². The van der Waals surface area contributed by atoms with E-state index in [1.165, 1.54) is 5.48 Å². The fourth-order valence-corrected chi connectivity index (χ4v) is 5.17. The van der Waals surface area contributed by atoms with Crippen LogP contribution in [0.3, 0.4) is 0 Å². The Morgan fingerprint density at radius 3 is 2.20 bits per heavy atom. The van der Waals surface area contributed by atoms with Gasteiger partial charge >= 0.3 is 0 Å². The lowest BCUT2D eigenvalue weighted by Crippen LogP contribution is -2.57. The number of terminal acetylenes is 1. The Morgan fingerprint density at radius 2 is 1.57 bits per heavy atom. The van der Waals surface area contributed by atoms with Crippen LogP contribution in [0.4, 0.5) is 0 Å². The number of nitrogens with zero attached hydrogens (tertiary/aromatic N) is 1. The van der Waals surface area contributed by atoms with Gasteiger partial charge in [0.25, 0.3) is 5.91 Å². The summed E-state index contributed by atoms with van der Waals surface area (Å²) in [6.07, 6.45) is 9.48. The van der Waals surface area contributed by atoms with E-state index in [9.17, 15) is 28.8 Å². The van der Waals surface area contributed by atoms with Crippen LogP contribution in [-0.2, 0) is 30.4 Å². The molecular weight excluding hydrogens is 628 g/mol. The molecule has 49 heavy (non-hydrogen) atoms. The smallest absolute Gasteiger partial charge is 0.260 e. The van der Waals surface area contributed by atoms with E-state index in [1.54, 1.807) is 48.5 Å². The third kappa shape index (κ3) is 14.4. The molecule has 3 unspecified atom stereocenters. The Labute approximate surface area is 287 Å². The zero-order valence-corrected chi connectivity index (χ0v) is 27.8. The van der Waals surface area contributed by atoms with Crippen LogP contribution in [0, 0.1) is 18.3 Å². The van der Waals surface area contributed by atoms with Crippen LogP contribution >= 0.6 is 0 Å². The van der Waals surface area contributed by atoms with E-state index in [-0.39, 0.29) is 37.4 Å². The first-order chi connectivity index (χ1) is 23.6. The molecule has 3 atom stereocenters. The van der Waals surface area contributed by atoms with Crippen LogP contribution in [0.25, 0.3) is 0 Å². The zero-order chi connectivity index (χ0) is 36.0. The van der Waals surface area contributed by atoms with E-state index in [2.05, 4.69) is 16.6 Å². The molecule has 0 aromatic heterocycles. The van der Waals surface area contributed by atoms with Crippen molar-refractivity contribution in [1.82, 2.24) is 21.1 Å². The molecular formula is C36H48N6O7. The maximum Gasteiger partial charge on any atom is 0.260 e. The molecule has 4 amide bonds. The summed E-state index contributed by atoms with van der Waals surface area (Å²) in [7, 11) is 0. The summed E-state index contributed by atoms with van der Waals surface area (Å²) in [5, 5.41) is 15.4. The molecule has 0 aliphatic heterocycles. The normalized spacial score (nSPS) is 12.4. The van der Waals surface area contributed by atoms with Crippen molar-refractivity contribution in [2.45, 2.75) is 82.7 Å². The number of ketones is 1. The molecule has 2 rings (SSSR count). The summed E-state index contributed by atoms with van der Waals surface area (Å²) in [5.41, 5.74) is 8.68. The predicted octanol–water partition coefficient (Wildman–Crippen LogP) is 1.95. The van der Waals surface area contributed by atoms with Gasteiger partial charge in [-0.3, -0.25) is 34.2 Å². The molecule has 264 valence electrons. The second-order valence-electron chi connectivity index (χ2n) is 11.7. The number of hydrogen-bond acceptors (Lipinski definition) is 9. The van der Waals surface area contributed by atoms with E-state index in [0.717, 1.165) is 5.01 Å². The van der Waals surface area contributed by atoms with Gasteiger partial charge in [-0.25, -0.2) is 11.3 Å². The predicted molar refractivity (Wildman–Crippen MR) is 183 cm³/mol. The van der Waals surface area contributed by atoms with E-state index in [4.69, 9.17) is 23.2 Å². The topological polar surface area (TPSA) is 214 Å². The Hall–Kier alpha value is -4.90. The summed E-state index contributed by atoms with van der Waals surface area (Å²) in [6.45, 7) is 0.770. The van der Waals surface area contributed by atoms with Gasteiger partial charge in [0.05, 0.1) is 0 Å². The van der Waals surface area contributed by atoms with Crippen molar-refractivity contribution >= 4 is 35.7 Å². The average Bonchev–Trinajstić information content (AvgIpc) is 3.12. The molecule has 0 saturated carbocycles. The Kier molecular flexibility index (Phi) is 18.6. The molecule has 0 fully saturated rings. The average molecular weight is 677 g/mol. The van der Waals surface area contributed by atoms with Crippen LogP contribution in [0.1, 0.15) is 85.7 Å². The first-order valence-electron chi connectivity index (χ1n) is 16.5. The quantitative estimate of drug-likeness (QED) is 0.0148. The van der Waals surface area contributed by atoms with Crippen molar-refractivity contribution in [3.05, 3.63) is 71.3 Å². The molecule has 0 spiro atoms. The minimum Gasteiger partial charge on any atom is -0.356 e. The van der Waals surface area contributed by atoms with Crippen molar-refractivity contribution in [2.24, 2.45) is 17.5 Å². The molecule has 0 bridgehead atoms. The van der Waals surface area contributed by atoms with Crippen LogP contribution in [0.15, 0.2) is 54.6 Å². The molecule has 0 saturated heterocycles. The van der Waals surface area contributed by atoms with Gasteiger partial charge in [0.15, 0.2) is 5.78 Å². The van der Waals surface area contributed by atoms with E-state index in [1.807, 2.05) is 6.07 Å². The van der Waals surface area contributed by atoms with Gasteiger partial charge in [-0.2, -0.15) is 0 Å². The van der Waals surface area contributed by atoms with E-state index >= 15 is 0 Å². The molecule has 0 aliphatic carbocycles. The number of carbonyl (C=O) groups is 6. The Morgan fingerprint density at radius 1 is 0.898 bits per heavy atom. The SMILES string of the molecule is C#CCCCC(=O)NCCCCC(C=O)N(N)C(=O)C(Cc1ccc(C(=O)c2ccccc2)cc1)NC(=O)C(CCCCN)CC(=O)NO. The van der Waals surface area contributed by atoms with Crippen LogP contribution in [-0.4, -0.2) is 71.1 Å². The molecule has 13 nitrogen and oxygen atoms in total. The van der Waals surface area contributed by atoms with Crippen molar-refractivity contribution in [3.8, 4) is 12.3 Å². The van der Waals surface area contributed by atoms with E-state index in [0.29, 0.717) is 81.0 Å². The first-order valence-corrected chi connectivity index (χ1v) is 16.5. The number of nitrogens with one attached hydrogen (secondary N) is 3. The summed E-state index contributed by atoms with van der Waals surface area (Å²) in [6, 6.07) is 13.1. The van der Waals surface area contributed by atoms with Crippen molar-refractivity contribution in [3.63, 3.8) is 0 Å². The lowest BCUT2D eigenvalue weighted by molar-refractivity contribution is -0.142. The molecule has 8 N–H and O–H groups in total. The molecule has 2 aromatic rings. The third-order valence-corrected chi connectivity index (χ3v) is 7.98. The number of hydroxylamine groups is 1. The van der Waals surface area contributed by atoms with E-state index < -0.39 is 35.7 Å². The van der Waals surface area contributed by atoms with Gasteiger partial charge in [0, 0.05) is 49.3 Å². The second kappa shape index (κ2) is 22.6. The standard InChI is InChI=1S/C36H48N6O7/c1-2-3-5-16-32(44)39-22-11-9-15-30(25-43)42(38)36(48)31(40-35(47)29(14-8-10-21-37)24-33(45)41-49)23-26-17-19-28(20-18-26)34(46)27-12-6-4-7-13-27/h1,4,6-7,12-13,17-20,25,29-31,49H,3,5,8-11,14-16,21-24,37-38H2,(H,39,44)(H,40,47)(H,41,45). The fourth-order valence-electron chi connectivity index (χ4n) is 5.17. The summed E-state index contributed by atoms with van der Waals surface area (Å²) < 4.78 is 0. The molecule has 0 aliphatic rings. The maximum atomic E-state index is 13.8. The minimum absolute atomic E-state index is 0.0307. The first kappa shape index (κ1) is 40.3. The van der Waals surface area contributed by atoms with Crippen molar-refractivity contribution < 1.29 is 34.0 Å². The Bertz CT molecular complexity index is 1410. The summed E-state index contributed by atoms with van der Waals surface area (Å²) in [4.78, 5) is 76.0. The van der Waals surface area contributed by atoms with Crippen molar-refractivity contribution in [2.75, 3.05) is 13.1 Å². The summed E-state index contributed by atoms with van der Waals surface area (Å²) >= 11 is 0. The number of hydrazine groups is 1. The lowest BCUT2D eigenvalue weighted by atomic mass is 9.95. The molecule has 2 aromatic carbocycles. The zero-order valence-electron chi connectivity index (χ0n) is 27.8. The largest absolute Gasteiger partial charge is 0.356 e. The summed E-state index contributed by atoms with van der Waals surface area (Å²) in [5.74, 6) is 5.40. The highest BCUT2D eigenvalue weighted by atomic mass is 16.5. The number of aldehydes is 1. The van der Waals surface area contributed by atoms with Gasteiger partial charge in [-0.1, -0.05) is 61.0 Å². The number of benzene rings is 2. The van der Waals surface area contributed by atoms with Gasteiger partial charge in [0.1, 0.15) is 18.4 Å². The maximum absolute atomic E-state index is 13.8. The number of unbranched alkanes of at least 4 members (excludes halogenated alkanes) is 3. The highest BCUT2D eigenvalue weighted by Crippen LogP contribution is 2.17. The third-order valence-electron chi connectivity index (χ3n) is 7.98. The lowest BCUT2D eigenvalue weighted by Gasteiger charge is -2.29. The van der Waals surface area contributed by atoms with Gasteiger partial charge < -0.3 is 21.2 Å². The molecule has 0 heterocycles. The van der Waals surface area contributed by atoms with Crippen LogP contribution in [0.5, 0.6) is 0 Å². The number of carbonyl (C=O) groups excluding carboxylic acids is 6. The second-order valence-corrected chi connectivity index (χ2v) is 11.7. The fraction of sp³-hybridized carbons (Fsp3) is 0.444. The molecule has 0 radical (unpaired) electrons. The Balaban J connectivity index is 2.19. The number of rotatable bonds is 23. The van der Waals surface area contributed by atoms with Gasteiger partial charge in [-0.05, 0) is 50.6 Å². The van der Waals surface area contributed by atoms with Crippen LogP contribution in [0.2, 0.25) is 0 Å². The van der Waals surface area contributed by atoms with Gasteiger partial charge in [0.2, 0.25) is 17.7 Å². The highest BCUT2D eigenvalue weighted by Gasteiger charge is 2.32. The highest BCUT2D eigenvalue weighted by molar-refractivity contribution is 6.09. The number of nitrogens with two attached hydrogens (primary N) is 2. The minimum atomic E-state index is -1.23.